The molecule has 0 spiro atoms. The zero-order valence-corrected chi connectivity index (χ0v) is 25.9. The van der Waals surface area contributed by atoms with Crippen LogP contribution in [0.4, 0.5) is 10.1 Å². The molecule has 3 aromatic rings. The maximum Gasteiger partial charge on any atom is 0.369 e. The zero-order valence-electron chi connectivity index (χ0n) is 21.2. The van der Waals surface area contributed by atoms with E-state index in [9.17, 15) is 4.39 Å². The van der Waals surface area contributed by atoms with Gasteiger partial charge in [-0.2, -0.15) is 0 Å². The molecule has 0 aliphatic carbocycles. The van der Waals surface area contributed by atoms with Crippen LogP contribution in [0.5, 0.6) is 5.75 Å². The lowest BCUT2D eigenvalue weighted by atomic mass is 9.97. The maximum atomic E-state index is 13.5. The number of benzene rings is 3. The molecular formula is C29H33BBr3FN2O. The molecule has 2 aliphatic heterocycles. The molecule has 196 valence electrons. The topological polar surface area (TPSA) is 15.7 Å². The van der Waals surface area contributed by atoms with Crippen LogP contribution in [-0.2, 0) is 13.0 Å². The van der Waals surface area contributed by atoms with Gasteiger partial charge in [0, 0.05) is 18.8 Å². The molecule has 37 heavy (non-hydrogen) atoms. The summed E-state index contributed by atoms with van der Waals surface area (Å²) in [7, 11) is 0. The van der Waals surface area contributed by atoms with Crippen molar-refractivity contribution in [1.29, 1.82) is 0 Å². The third kappa shape index (κ3) is 8.57. The summed E-state index contributed by atoms with van der Waals surface area (Å²) in [4.78, 5) is 4.90. The number of nitrogens with zero attached hydrogens (tertiary/aromatic N) is 2. The van der Waals surface area contributed by atoms with Gasteiger partial charge in [0.05, 0.1) is 6.04 Å². The van der Waals surface area contributed by atoms with E-state index in [1.54, 1.807) is 12.1 Å². The summed E-state index contributed by atoms with van der Waals surface area (Å²) in [5.41, 5.74) is 6.35. The van der Waals surface area contributed by atoms with E-state index < -0.39 is 0 Å². The van der Waals surface area contributed by atoms with Crippen molar-refractivity contribution in [3.8, 4) is 5.75 Å². The van der Waals surface area contributed by atoms with Crippen LogP contribution in [0.3, 0.4) is 0 Å². The summed E-state index contributed by atoms with van der Waals surface area (Å²) in [6, 6.07) is 22.4. The van der Waals surface area contributed by atoms with E-state index in [-0.39, 0.29) is 15.0 Å². The van der Waals surface area contributed by atoms with Crippen molar-refractivity contribution in [3.63, 3.8) is 0 Å². The largest absolute Gasteiger partial charge is 0.492 e. The van der Waals surface area contributed by atoms with E-state index in [4.69, 9.17) is 4.74 Å². The lowest BCUT2D eigenvalue weighted by Crippen LogP contribution is -2.33. The van der Waals surface area contributed by atoms with Crippen LogP contribution in [0.2, 0.25) is 0 Å². The highest BCUT2D eigenvalue weighted by Gasteiger charge is 2.30. The molecule has 1 unspecified atom stereocenters. The summed E-state index contributed by atoms with van der Waals surface area (Å²) in [5, 5.41) is 0. The van der Waals surface area contributed by atoms with Crippen molar-refractivity contribution in [3.05, 3.63) is 94.8 Å². The number of hydrogen-bond acceptors (Lipinski definition) is 3. The molecule has 2 heterocycles. The third-order valence-corrected chi connectivity index (χ3v) is 7.01. The van der Waals surface area contributed by atoms with Crippen LogP contribution in [0.25, 0.3) is 0 Å². The summed E-state index contributed by atoms with van der Waals surface area (Å²) in [6.07, 6.45) is 4.89. The summed E-state index contributed by atoms with van der Waals surface area (Å²) >= 11 is 9.31. The minimum absolute atomic E-state index is 0.196. The van der Waals surface area contributed by atoms with Crippen LogP contribution in [0.1, 0.15) is 47.6 Å². The number of hydrogen-bond donors (Lipinski definition) is 0. The molecule has 2 aliphatic rings. The Morgan fingerprint density at radius 2 is 1.59 bits per heavy atom. The molecule has 0 bridgehead atoms. The number of fused-ring (bicyclic) bond motifs is 1. The number of aryl methyl sites for hydroxylation is 1. The minimum Gasteiger partial charge on any atom is -0.492 e. The highest BCUT2D eigenvalue weighted by molar-refractivity contribution is 9.69. The van der Waals surface area contributed by atoms with E-state index in [1.165, 1.54) is 54.6 Å². The first-order chi connectivity index (χ1) is 17.9. The highest BCUT2D eigenvalue weighted by Crippen LogP contribution is 2.40. The molecular weight excluding hydrogens is 662 g/mol. The number of piperidine rings is 1. The molecule has 8 heteroatoms. The Kier molecular flexibility index (Phi) is 11.0. The average molecular weight is 695 g/mol. The van der Waals surface area contributed by atoms with Gasteiger partial charge in [-0.3, -0.25) is 4.90 Å². The van der Waals surface area contributed by atoms with Crippen LogP contribution >= 0.6 is 47.3 Å². The predicted molar refractivity (Wildman–Crippen MR) is 165 cm³/mol. The second-order valence-corrected chi connectivity index (χ2v) is 16.1. The molecule has 5 rings (SSSR count). The standard InChI is InChI=1S/C29H33FN2O.BBr3/c1-22-5-14-28-24(19-22)21-32(26-10-8-25(30)9-11-26)29(28)20-23-6-12-27(13-7-23)33-18-17-31-15-3-2-4-16-31;2-1(3)4/h5-14,19,29H,2-4,15-18,20-21H2,1H3;. The quantitative estimate of drug-likeness (QED) is 0.231. The van der Waals surface area contributed by atoms with Crippen LogP contribution in [-0.4, -0.2) is 34.3 Å². The predicted octanol–water partition coefficient (Wildman–Crippen LogP) is 8.46. The maximum absolute atomic E-state index is 13.5. The first-order valence-corrected chi connectivity index (χ1v) is 15.6. The average Bonchev–Trinajstić information content (AvgIpc) is 3.23. The van der Waals surface area contributed by atoms with Gasteiger partial charge in [0.25, 0.3) is 0 Å². The van der Waals surface area contributed by atoms with Gasteiger partial charge in [-0.15, -0.1) is 47.3 Å². The van der Waals surface area contributed by atoms with Crippen LogP contribution < -0.4 is 9.64 Å². The molecule has 3 nitrogen and oxygen atoms in total. The molecule has 0 N–H and O–H groups in total. The Morgan fingerprint density at radius 1 is 0.919 bits per heavy atom. The highest BCUT2D eigenvalue weighted by atomic mass is 79.9. The van der Waals surface area contributed by atoms with E-state index >= 15 is 0 Å². The van der Waals surface area contributed by atoms with E-state index in [0.29, 0.717) is 0 Å². The fraction of sp³-hybridized carbons (Fsp3) is 0.379. The van der Waals surface area contributed by atoms with E-state index in [0.717, 1.165) is 37.6 Å². The normalized spacial score (nSPS) is 17.1. The lowest BCUT2D eigenvalue weighted by Gasteiger charge is -2.28. The van der Waals surface area contributed by atoms with Gasteiger partial charge in [-0.25, -0.2) is 4.39 Å². The fourth-order valence-electron chi connectivity index (χ4n) is 5.20. The lowest BCUT2D eigenvalue weighted by molar-refractivity contribution is 0.183. The Bertz CT molecular complexity index is 1120. The second-order valence-electron chi connectivity index (χ2n) is 9.67. The monoisotopic (exact) mass is 692 g/mol. The summed E-state index contributed by atoms with van der Waals surface area (Å²) in [6.45, 7) is 7.15. The number of likely N-dealkylation sites (tertiary alicyclic amines) is 1. The molecule has 0 saturated carbocycles. The van der Waals surface area contributed by atoms with Crippen molar-refractivity contribution >= 4 is 56.1 Å². The molecule has 3 aromatic carbocycles. The van der Waals surface area contributed by atoms with E-state index in [2.05, 4.69) is 106 Å². The molecule has 1 atom stereocenters. The summed E-state index contributed by atoms with van der Waals surface area (Å²) in [5.74, 6) is 0.743. The minimum atomic E-state index is -0.196. The smallest absolute Gasteiger partial charge is 0.369 e. The first kappa shape index (κ1) is 28.7. The summed E-state index contributed by atoms with van der Waals surface area (Å²) < 4.78 is 19.8. The number of anilines is 1. The van der Waals surface area contributed by atoms with Crippen molar-refractivity contribution in [2.24, 2.45) is 0 Å². The molecule has 1 fully saturated rings. The Balaban J connectivity index is 0.000000747. The van der Waals surface area contributed by atoms with Crippen molar-refractivity contribution < 1.29 is 9.13 Å². The third-order valence-electron chi connectivity index (χ3n) is 7.01. The zero-order chi connectivity index (χ0) is 26.2. The molecule has 1 saturated heterocycles. The Hall–Kier alpha value is -1.35. The van der Waals surface area contributed by atoms with Gasteiger partial charge in [-0.05, 0) is 92.4 Å². The van der Waals surface area contributed by atoms with Gasteiger partial charge in [0.15, 0.2) is 0 Å². The van der Waals surface area contributed by atoms with Crippen molar-refractivity contribution in [1.82, 2.24) is 4.90 Å². The van der Waals surface area contributed by atoms with Gasteiger partial charge >= 0.3 is 3.18 Å². The molecule has 0 radical (unpaired) electrons. The number of rotatable bonds is 7. The van der Waals surface area contributed by atoms with Crippen molar-refractivity contribution in [2.45, 2.75) is 45.2 Å². The Labute approximate surface area is 245 Å². The number of ether oxygens (including phenoxy) is 1. The van der Waals surface area contributed by atoms with Gasteiger partial charge < -0.3 is 9.64 Å². The molecule has 0 amide bonds. The van der Waals surface area contributed by atoms with Gasteiger partial charge in [0.1, 0.15) is 18.2 Å². The van der Waals surface area contributed by atoms with Gasteiger partial charge in [-0.1, -0.05) is 42.3 Å². The van der Waals surface area contributed by atoms with Crippen molar-refractivity contribution in [2.75, 3.05) is 31.1 Å². The molecule has 0 aromatic heterocycles. The second kappa shape index (κ2) is 14.2. The first-order valence-electron chi connectivity index (χ1n) is 12.9. The SMILES string of the molecule is BrB(Br)Br.Cc1ccc2c(c1)CN(c1ccc(F)cc1)C2Cc1ccc(OCCN2CCCCC2)cc1. The van der Waals surface area contributed by atoms with Crippen LogP contribution in [0.15, 0.2) is 66.7 Å². The number of halogens is 4. The van der Waals surface area contributed by atoms with Gasteiger partial charge in [0.2, 0.25) is 0 Å². The fourth-order valence-corrected chi connectivity index (χ4v) is 5.20. The van der Waals surface area contributed by atoms with E-state index in [1.807, 2.05) is 12.1 Å². The Morgan fingerprint density at radius 3 is 2.27 bits per heavy atom. The van der Waals surface area contributed by atoms with Crippen LogP contribution in [0, 0.1) is 12.7 Å².